The molecule has 0 amide bonds. The third-order valence-corrected chi connectivity index (χ3v) is 3.05. The van der Waals surface area contributed by atoms with E-state index in [1.54, 1.807) is 25.1 Å². The normalized spacial score (nSPS) is 10.2. The molecule has 0 aromatic heterocycles. The number of nitrogens with one attached hydrogen (secondary N) is 1. The zero-order valence-electron chi connectivity index (χ0n) is 11.7. The fourth-order valence-electron chi connectivity index (χ4n) is 1.96. The molecule has 21 heavy (non-hydrogen) atoms. The predicted molar refractivity (Wildman–Crippen MR) is 78.1 cm³/mol. The minimum Gasteiger partial charge on any atom is -0.494 e. The maximum absolute atomic E-state index is 13.6. The van der Waals surface area contributed by atoms with Crippen molar-refractivity contribution in [2.45, 2.75) is 13.5 Å². The maximum atomic E-state index is 13.6. The number of nitro groups is 1. The Morgan fingerprint density at radius 3 is 2.67 bits per heavy atom. The van der Waals surface area contributed by atoms with Crippen LogP contribution in [0.3, 0.4) is 0 Å². The predicted octanol–water partition coefficient (Wildman–Crippen LogP) is 3.66. The Morgan fingerprint density at radius 1 is 1.29 bits per heavy atom. The molecule has 0 aliphatic carbocycles. The molecule has 0 radical (unpaired) electrons. The van der Waals surface area contributed by atoms with E-state index in [1.165, 1.54) is 25.3 Å². The number of halogens is 1. The SMILES string of the molecule is COc1ccc(CNc2ccc(C)cc2[N+](=O)[O-])cc1F. The summed E-state index contributed by atoms with van der Waals surface area (Å²) in [6.07, 6.45) is 0. The van der Waals surface area contributed by atoms with Crippen LogP contribution in [0.5, 0.6) is 5.75 Å². The molecule has 0 saturated carbocycles. The molecule has 0 spiro atoms. The first-order chi connectivity index (χ1) is 10.0. The molecule has 5 nitrogen and oxygen atoms in total. The van der Waals surface area contributed by atoms with Gasteiger partial charge in [-0.25, -0.2) is 4.39 Å². The Hall–Kier alpha value is -2.63. The van der Waals surface area contributed by atoms with Gasteiger partial charge >= 0.3 is 0 Å². The number of nitrogens with zero attached hydrogens (tertiary/aromatic N) is 1. The third-order valence-electron chi connectivity index (χ3n) is 3.05. The molecular weight excluding hydrogens is 275 g/mol. The van der Waals surface area contributed by atoms with Gasteiger partial charge in [0.2, 0.25) is 0 Å². The van der Waals surface area contributed by atoms with Crippen molar-refractivity contribution in [1.82, 2.24) is 0 Å². The van der Waals surface area contributed by atoms with E-state index in [1.807, 2.05) is 0 Å². The summed E-state index contributed by atoms with van der Waals surface area (Å²) in [5.74, 6) is -0.296. The van der Waals surface area contributed by atoms with Gasteiger partial charge in [0.25, 0.3) is 5.69 Å². The average molecular weight is 290 g/mol. The highest BCUT2D eigenvalue weighted by Crippen LogP contribution is 2.26. The van der Waals surface area contributed by atoms with Crippen molar-refractivity contribution in [3.63, 3.8) is 0 Å². The summed E-state index contributed by atoms with van der Waals surface area (Å²) in [4.78, 5) is 10.6. The lowest BCUT2D eigenvalue weighted by atomic mass is 10.1. The second kappa shape index (κ2) is 6.21. The van der Waals surface area contributed by atoms with Gasteiger partial charge in [0.1, 0.15) is 5.69 Å². The second-order valence-corrected chi connectivity index (χ2v) is 4.60. The van der Waals surface area contributed by atoms with Crippen LogP contribution < -0.4 is 10.1 Å². The Balaban J connectivity index is 2.16. The van der Waals surface area contributed by atoms with Crippen molar-refractivity contribution in [1.29, 1.82) is 0 Å². The van der Waals surface area contributed by atoms with Crippen LogP contribution in [-0.4, -0.2) is 12.0 Å². The Kier molecular flexibility index (Phi) is 4.37. The third kappa shape index (κ3) is 3.47. The fraction of sp³-hybridized carbons (Fsp3) is 0.200. The lowest BCUT2D eigenvalue weighted by Gasteiger charge is -2.09. The number of methoxy groups -OCH3 is 1. The lowest BCUT2D eigenvalue weighted by molar-refractivity contribution is -0.384. The van der Waals surface area contributed by atoms with Gasteiger partial charge < -0.3 is 10.1 Å². The summed E-state index contributed by atoms with van der Waals surface area (Å²) >= 11 is 0. The van der Waals surface area contributed by atoms with Crippen molar-refractivity contribution >= 4 is 11.4 Å². The number of benzene rings is 2. The van der Waals surface area contributed by atoms with E-state index in [2.05, 4.69) is 5.32 Å². The molecule has 0 heterocycles. The zero-order chi connectivity index (χ0) is 15.4. The van der Waals surface area contributed by atoms with Gasteiger partial charge in [-0.3, -0.25) is 10.1 Å². The van der Waals surface area contributed by atoms with Crippen molar-refractivity contribution in [2.75, 3.05) is 12.4 Å². The van der Waals surface area contributed by atoms with Crippen LogP contribution in [0.4, 0.5) is 15.8 Å². The lowest BCUT2D eigenvalue weighted by Crippen LogP contribution is -2.03. The summed E-state index contributed by atoms with van der Waals surface area (Å²) in [5.41, 5.74) is 1.89. The molecule has 0 aliphatic rings. The largest absolute Gasteiger partial charge is 0.494 e. The minimum atomic E-state index is -0.463. The van der Waals surface area contributed by atoms with Gasteiger partial charge in [-0.05, 0) is 36.2 Å². The second-order valence-electron chi connectivity index (χ2n) is 4.60. The van der Waals surface area contributed by atoms with Crippen LogP contribution in [0.1, 0.15) is 11.1 Å². The van der Waals surface area contributed by atoms with Gasteiger partial charge in [0.05, 0.1) is 12.0 Å². The van der Waals surface area contributed by atoms with Crippen LogP contribution in [0, 0.1) is 22.9 Å². The van der Waals surface area contributed by atoms with E-state index in [0.717, 1.165) is 5.56 Å². The quantitative estimate of drug-likeness (QED) is 0.674. The summed E-state index contributed by atoms with van der Waals surface area (Å²) in [6, 6.07) is 9.49. The molecule has 2 aromatic carbocycles. The van der Waals surface area contributed by atoms with Crippen LogP contribution in [0.2, 0.25) is 0 Å². The van der Waals surface area contributed by atoms with E-state index in [0.29, 0.717) is 11.3 Å². The molecule has 0 atom stereocenters. The standard InChI is InChI=1S/C15H15FN2O3/c1-10-3-5-13(14(7-10)18(19)20)17-9-11-4-6-15(21-2)12(16)8-11/h3-8,17H,9H2,1-2H3. The highest BCUT2D eigenvalue weighted by molar-refractivity contribution is 5.62. The topological polar surface area (TPSA) is 64.4 Å². The first kappa shape index (κ1) is 14.8. The number of hydrogen-bond acceptors (Lipinski definition) is 4. The molecule has 2 rings (SSSR count). The van der Waals surface area contributed by atoms with Gasteiger partial charge in [-0.2, -0.15) is 0 Å². The van der Waals surface area contributed by atoms with Gasteiger partial charge in [0, 0.05) is 12.6 Å². The van der Waals surface area contributed by atoms with Gasteiger partial charge in [0.15, 0.2) is 11.6 Å². The van der Waals surface area contributed by atoms with Crippen LogP contribution >= 0.6 is 0 Å². The molecule has 0 fully saturated rings. The smallest absolute Gasteiger partial charge is 0.292 e. The van der Waals surface area contributed by atoms with E-state index in [9.17, 15) is 14.5 Å². The van der Waals surface area contributed by atoms with Crippen LogP contribution in [-0.2, 0) is 6.54 Å². The minimum absolute atomic E-state index is 0.00369. The number of nitro benzene ring substituents is 1. The van der Waals surface area contributed by atoms with Crippen molar-refractivity contribution in [3.05, 3.63) is 63.5 Å². The van der Waals surface area contributed by atoms with Gasteiger partial charge in [-0.1, -0.05) is 12.1 Å². The number of anilines is 1. The van der Waals surface area contributed by atoms with Crippen molar-refractivity contribution < 1.29 is 14.1 Å². The van der Waals surface area contributed by atoms with E-state index >= 15 is 0 Å². The monoisotopic (exact) mass is 290 g/mol. The highest BCUT2D eigenvalue weighted by atomic mass is 19.1. The van der Waals surface area contributed by atoms with Crippen molar-refractivity contribution in [2.24, 2.45) is 0 Å². The molecule has 1 N–H and O–H groups in total. The molecule has 0 bridgehead atoms. The molecule has 0 saturated heterocycles. The summed E-state index contributed by atoms with van der Waals surface area (Å²) < 4.78 is 18.4. The van der Waals surface area contributed by atoms with Crippen LogP contribution in [0.25, 0.3) is 0 Å². The summed E-state index contributed by atoms with van der Waals surface area (Å²) in [6.45, 7) is 2.07. The first-order valence-corrected chi connectivity index (χ1v) is 6.32. The molecule has 0 aliphatic heterocycles. The van der Waals surface area contributed by atoms with E-state index in [-0.39, 0.29) is 18.0 Å². The van der Waals surface area contributed by atoms with Gasteiger partial charge in [-0.15, -0.1) is 0 Å². The summed E-state index contributed by atoms with van der Waals surface area (Å²) in [7, 11) is 1.39. The zero-order valence-corrected chi connectivity index (χ0v) is 11.7. The summed E-state index contributed by atoms with van der Waals surface area (Å²) in [5, 5.41) is 14.0. The number of rotatable bonds is 5. The molecule has 110 valence electrons. The van der Waals surface area contributed by atoms with Crippen molar-refractivity contribution in [3.8, 4) is 5.75 Å². The molecule has 6 heteroatoms. The van der Waals surface area contributed by atoms with E-state index < -0.39 is 10.7 Å². The Bertz CT molecular complexity index is 674. The fourth-order valence-corrected chi connectivity index (χ4v) is 1.96. The molecule has 2 aromatic rings. The highest BCUT2D eigenvalue weighted by Gasteiger charge is 2.13. The van der Waals surface area contributed by atoms with Crippen LogP contribution in [0.15, 0.2) is 36.4 Å². The number of ether oxygens (including phenoxy) is 1. The van der Waals surface area contributed by atoms with E-state index in [4.69, 9.17) is 4.74 Å². The molecule has 0 unspecified atom stereocenters. The molecular formula is C15H15FN2O3. The average Bonchev–Trinajstić information content (AvgIpc) is 2.46. The first-order valence-electron chi connectivity index (χ1n) is 6.32. The Morgan fingerprint density at radius 2 is 2.05 bits per heavy atom. The maximum Gasteiger partial charge on any atom is 0.292 e. The Labute approximate surface area is 121 Å². The number of hydrogen-bond donors (Lipinski definition) is 1. The number of aryl methyl sites for hydroxylation is 1.